The second-order valence-electron chi connectivity index (χ2n) is 7.62. The van der Waals surface area contributed by atoms with Crippen molar-refractivity contribution in [3.8, 4) is 11.5 Å². The van der Waals surface area contributed by atoms with E-state index in [-0.39, 0.29) is 18.1 Å². The monoisotopic (exact) mass is 374 g/mol. The number of nitrogens with one attached hydrogen (secondary N) is 1. The minimum absolute atomic E-state index is 0.136. The Morgan fingerprint density at radius 2 is 1.81 bits per heavy atom. The van der Waals surface area contributed by atoms with E-state index in [1.54, 1.807) is 6.92 Å². The molecule has 3 rings (SSSR count). The van der Waals surface area contributed by atoms with E-state index in [0.29, 0.717) is 6.54 Å². The molecule has 0 aliphatic carbocycles. The van der Waals surface area contributed by atoms with Gasteiger partial charge in [0.15, 0.2) is 17.5 Å². The molecule has 1 saturated heterocycles. The van der Waals surface area contributed by atoms with Crippen LogP contribution >= 0.6 is 0 Å². The maximum atomic E-state index is 11.5. The molecule has 0 atom stereocenters. The van der Waals surface area contributed by atoms with Gasteiger partial charge in [0.2, 0.25) is 12.7 Å². The van der Waals surface area contributed by atoms with Crippen molar-refractivity contribution in [3.63, 3.8) is 0 Å². The maximum Gasteiger partial charge on any atom is 0.231 e. The summed E-state index contributed by atoms with van der Waals surface area (Å²) < 4.78 is 10.9. The lowest BCUT2D eigenvalue weighted by Gasteiger charge is -2.36. The van der Waals surface area contributed by atoms with Gasteiger partial charge in [-0.2, -0.15) is 0 Å². The SMILES string of the molecule is CCNC(=NCC(C)(C)c1ccc2c(c1)OCO2)N1CCN(C(C)=O)CC1. The molecule has 2 aliphatic heterocycles. The smallest absolute Gasteiger partial charge is 0.231 e. The van der Waals surface area contributed by atoms with Crippen molar-refractivity contribution < 1.29 is 14.3 Å². The average molecular weight is 374 g/mol. The lowest BCUT2D eigenvalue weighted by molar-refractivity contribution is -0.130. The first-order valence-corrected chi connectivity index (χ1v) is 9.59. The third kappa shape index (κ3) is 4.46. The number of carbonyl (C=O) groups is 1. The summed E-state index contributed by atoms with van der Waals surface area (Å²) in [6, 6.07) is 6.10. The van der Waals surface area contributed by atoms with Crippen LogP contribution in [0.3, 0.4) is 0 Å². The number of fused-ring (bicyclic) bond motifs is 1. The number of piperazine rings is 1. The quantitative estimate of drug-likeness (QED) is 0.643. The van der Waals surface area contributed by atoms with Gasteiger partial charge in [0, 0.05) is 45.1 Å². The van der Waals surface area contributed by atoms with Gasteiger partial charge in [0.25, 0.3) is 0 Å². The topological polar surface area (TPSA) is 66.4 Å². The van der Waals surface area contributed by atoms with Crippen LogP contribution in [0.2, 0.25) is 0 Å². The summed E-state index contributed by atoms with van der Waals surface area (Å²) in [6.45, 7) is 12.9. The second kappa shape index (κ2) is 8.06. The predicted molar refractivity (Wildman–Crippen MR) is 105 cm³/mol. The Morgan fingerprint density at radius 1 is 1.15 bits per heavy atom. The van der Waals surface area contributed by atoms with Crippen LogP contribution in [0, 0.1) is 0 Å². The number of benzene rings is 1. The molecule has 0 radical (unpaired) electrons. The molecule has 1 aromatic rings. The Bertz CT molecular complexity index is 709. The zero-order valence-electron chi connectivity index (χ0n) is 16.7. The number of aliphatic imine (C=N–C) groups is 1. The molecule has 1 N–H and O–H groups in total. The molecule has 27 heavy (non-hydrogen) atoms. The van der Waals surface area contributed by atoms with Crippen LogP contribution in [-0.4, -0.2) is 67.7 Å². The highest BCUT2D eigenvalue weighted by Crippen LogP contribution is 2.36. The first kappa shape index (κ1) is 19.3. The summed E-state index contributed by atoms with van der Waals surface area (Å²) in [4.78, 5) is 20.6. The largest absolute Gasteiger partial charge is 0.454 e. The molecule has 0 bridgehead atoms. The first-order chi connectivity index (χ1) is 12.9. The van der Waals surface area contributed by atoms with E-state index in [9.17, 15) is 4.79 Å². The van der Waals surface area contributed by atoms with E-state index in [1.807, 2.05) is 11.0 Å². The van der Waals surface area contributed by atoms with Crippen LogP contribution < -0.4 is 14.8 Å². The van der Waals surface area contributed by atoms with Crippen LogP contribution in [-0.2, 0) is 10.2 Å². The number of nitrogens with zero attached hydrogens (tertiary/aromatic N) is 3. The first-order valence-electron chi connectivity index (χ1n) is 9.59. The van der Waals surface area contributed by atoms with Crippen molar-refractivity contribution in [1.82, 2.24) is 15.1 Å². The summed E-state index contributed by atoms with van der Waals surface area (Å²) in [7, 11) is 0. The fourth-order valence-electron chi connectivity index (χ4n) is 3.34. The molecule has 7 heteroatoms. The summed E-state index contributed by atoms with van der Waals surface area (Å²) in [6.07, 6.45) is 0. The minimum Gasteiger partial charge on any atom is -0.454 e. The normalized spacial score (nSPS) is 17.3. The van der Waals surface area contributed by atoms with Gasteiger partial charge in [0.1, 0.15) is 0 Å². The number of carbonyl (C=O) groups excluding carboxylic acids is 1. The Balaban J connectivity index is 1.69. The molecular formula is C20H30N4O3. The molecule has 7 nitrogen and oxygen atoms in total. The van der Waals surface area contributed by atoms with Gasteiger partial charge in [-0.3, -0.25) is 9.79 Å². The molecule has 1 fully saturated rings. The lowest BCUT2D eigenvalue weighted by atomic mass is 9.84. The van der Waals surface area contributed by atoms with Crippen molar-refractivity contribution in [1.29, 1.82) is 0 Å². The van der Waals surface area contributed by atoms with E-state index in [0.717, 1.165) is 50.2 Å². The maximum absolute atomic E-state index is 11.5. The van der Waals surface area contributed by atoms with Gasteiger partial charge in [0.05, 0.1) is 6.54 Å². The Morgan fingerprint density at radius 3 is 2.48 bits per heavy atom. The Hall–Kier alpha value is -2.44. The third-order valence-electron chi connectivity index (χ3n) is 5.14. The highest BCUT2D eigenvalue weighted by molar-refractivity contribution is 5.80. The molecule has 1 amide bonds. The molecule has 0 saturated carbocycles. The summed E-state index contributed by atoms with van der Waals surface area (Å²) in [5.41, 5.74) is 1.04. The summed E-state index contributed by atoms with van der Waals surface area (Å²) in [5, 5.41) is 3.39. The van der Waals surface area contributed by atoms with Gasteiger partial charge in [-0.25, -0.2) is 0 Å². The molecule has 1 aromatic carbocycles. The standard InChI is InChI=1S/C20H30N4O3/c1-5-21-19(24-10-8-23(9-11-24)15(2)25)22-13-20(3,4)16-6-7-17-18(12-16)27-14-26-17/h6-7,12H,5,8-11,13-14H2,1-4H3,(H,21,22). The molecule has 0 unspecified atom stereocenters. The van der Waals surface area contributed by atoms with Crippen molar-refractivity contribution in [2.24, 2.45) is 4.99 Å². The third-order valence-corrected chi connectivity index (χ3v) is 5.14. The second-order valence-corrected chi connectivity index (χ2v) is 7.62. The van der Waals surface area contributed by atoms with Gasteiger partial charge >= 0.3 is 0 Å². The molecule has 0 aromatic heterocycles. The van der Waals surface area contributed by atoms with Crippen LogP contribution in [0.25, 0.3) is 0 Å². The van der Waals surface area contributed by atoms with Crippen molar-refractivity contribution in [3.05, 3.63) is 23.8 Å². The van der Waals surface area contributed by atoms with Crippen LogP contribution in [0.1, 0.15) is 33.3 Å². The van der Waals surface area contributed by atoms with Gasteiger partial charge in [-0.1, -0.05) is 19.9 Å². The van der Waals surface area contributed by atoms with Gasteiger partial charge in [-0.05, 0) is 24.6 Å². The molecule has 2 heterocycles. The van der Waals surface area contributed by atoms with Crippen LogP contribution in [0.5, 0.6) is 11.5 Å². The summed E-state index contributed by atoms with van der Waals surface area (Å²) >= 11 is 0. The zero-order valence-corrected chi connectivity index (χ0v) is 16.7. The number of ether oxygens (including phenoxy) is 2. The number of guanidine groups is 1. The van der Waals surface area contributed by atoms with Crippen LogP contribution in [0.15, 0.2) is 23.2 Å². The van der Waals surface area contributed by atoms with E-state index >= 15 is 0 Å². The van der Waals surface area contributed by atoms with Crippen molar-refractivity contribution in [2.75, 3.05) is 46.1 Å². The highest BCUT2D eigenvalue weighted by atomic mass is 16.7. The fraction of sp³-hybridized carbons (Fsp3) is 0.600. The summed E-state index contributed by atoms with van der Waals surface area (Å²) in [5.74, 6) is 2.65. The number of hydrogen-bond donors (Lipinski definition) is 1. The molecule has 0 spiro atoms. The minimum atomic E-state index is -0.136. The van der Waals surface area contributed by atoms with Gasteiger partial charge < -0.3 is 24.6 Å². The van der Waals surface area contributed by atoms with Crippen molar-refractivity contribution in [2.45, 2.75) is 33.1 Å². The molecular weight excluding hydrogens is 344 g/mol. The van der Waals surface area contributed by atoms with E-state index < -0.39 is 0 Å². The van der Waals surface area contributed by atoms with Crippen LogP contribution in [0.4, 0.5) is 0 Å². The van der Waals surface area contributed by atoms with E-state index in [4.69, 9.17) is 14.5 Å². The van der Waals surface area contributed by atoms with Crippen molar-refractivity contribution >= 4 is 11.9 Å². The molecule has 148 valence electrons. The number of rotatable bonds is 4. The Kier molecular flexibility index (Phi) is 5.77. The van der Waals surface area contributed by atoms with Gasteiger partial charge in [-0.15, -0.1) is 0 Å². The van der Waals surface area contributed by atoms with E-state index in [2.05, 4.69) is 43.1 Å². The number of hydrogen-bond acceptors (Lipinski definition) is 4. The predicted octanol–water partition coefficient (Wildman–Crippen LogP) is 1.82. The number of amides is 1. The molecule has 2 aliphatic rings. The van der Waals surface area contributed by atoms with E-state index in [1.165, 1.54) is 5.56 Å². The zero-order chi connectivity index (χ0) is 19.4. The Labute approximate surface area is 161 Å². The fourth-order valence-corrected chi connectivity index (χ4v) is 3.34. The highest BCUT2D eigenvalue weighted by Gasteiger charge is 2.26. The lowest BCUT2D eigenvalue weighted by Crippen LogP contribution is -2.53. The average Bonchev–Trinajstić information content (AvgIpc) is 3.13.